The van der Waals surface area contributed by atoms with Gasteiger partial charge in [0, 0.05) is 10.1 Å². The maximum Gasteiger partial charge on any atom is 0.315 e. The molecule has 6 nitrogen and oxygen atoms in total. The summed E-state index contributed by atoms with van der Waals surface area (Å²) in [7, 11) is 1.47. The van der Waals surface area contributed by atoms with Crippen molar-refractivity contribution in [3.05, 3.63) is 68.0 Å². The van der Waals surface area contributed by atoms with Gasteiger partial charge >= 0.3 is 5.97 Å². The Morgan fingerprint density at radius 1 is 1.14 bits per heavy atom. The van der Waals surface area contributed by atoms with Gasteiger partial charge in [-0.2, -0.15) is 5.10 Å². The van der Waals surface area contributed by atoms with Crippen molar-refractivity contribution in [3.8, 4) is 11.5 Å². The number of fused-ring (bicyclic) bond motifs is 1. The van der Waals surface area contributed by atoms with Gasteiger partial charge in [0.05, 0.1) is 24.3 Å². The van der Waals surface area contributed by atoms with E-state index in [0.717, 1.165) is 15.6 Å². The van der Waals surface area contributed by atoms with Crippen molar-refractivity contribution in [2.75, 3.05) is 7.11 Å². The van der Waals surface area contributed by atoms with E-state index >= 15 is 0 Å². The smallest absolute Gasteiger partial charge is 0.315 e. The van der Waals surface area contributed by atoms with Crippen LogP contribution in [0.15, 0.2) is 52.1 Å². The molecule has 1 heterocycles. The SMILES string of the molecule is COc1cc(/C=N/NC(=O)c2sc3cc(C)ccc3c2Cl)ccc1OC(=O)C1C(C=C(Cl)Cl)C1(C)C. The number of nitrogens with one attached hydrogen (secondary N) is 1. The fraction of sp³-hybridized carbons (Fsp3) is 0.269. The molecule has 2 unspecified atom stereocenters. The van der Waals surface area contributed by atoms with E-state index < -0.39 is 11.9 Å². The molecule has 0 bridgehead atoms. The molecule has 2 aromatic carbocycles. The quantitative estimate of drug-likeness (QED) is 0.143. The molecule has 1 aromatic heterocycles. The van der Waals surface area contributed by atoms with Gasteiger partial charge in [0.15, 0.2) is 11.5 Å². The maximum absolute atomic E-state index is 12.8. The number of benzene rings is 2. The number of esters is 1. The molecule has 1 fully saturated rings. The highest BCUT2D eigenvalue weighted by Crippen LogP contribution is 2.60. The van der Waals surface area contributed by atoms with Gasteiger partial charge in [-0.3, -0.25) is 9.59 Å². The number of carbonyl (C=O) groups excluding carboxylic acids is 2. The fourth-order valence-corrected chi connectivity index (χ4v) is 5.91. The third kappa shape index (κ3) is 5.39. The highest BCUT2D eigenvalue weighted by Gasteiger charge is 2.61. The summed E-state index contributed by atoms with van der Waals surface area (Å²) in [6.07, 6.45) is 3.12. The molecular weight excluding hydrogens is 543 g/mol. The van der Waals surface area contributed by atoms with Crippen LogP contribution in [-0.2, 0) is 4.79 Å². The second-order valence-corrected chi connectivity index (χ2v) is 11.5. The number of thiophene rings is 1. The normalized spacial score (nSPS) is 18.2. The van der Waals surface area contributed by atoms with Crippen LogP contribution in [0.25, 0.3) is 10.1 Å². The number of carbonyl (C=O) groups is 2. The molecule has 1 N–H and O–H groups in total. The average Bonchev–Trinajstić information content (AvgIpc) is 3.18. The van der Waals surface area contributed by atoms with E-state index in [0.29, 0.717) is 21.2 Å². The average molecular weight is 566 g/mol. The number of halogens is 3. The zero-order valence-corrected chi connectivity index (χ0v) is 23.0. The third-order valence-corrected chi connectivity index (χ3v) is 8.15. The molecule has 1 amide bonds. The topological polar surface area (TPSA) is 77.0 Å². The lowest BCUT2D eigenvalue weighted by molar-refractivity contribution is -0.136. The van der Waals surface area contributed by atoms with Gasteiger partial charge in [-0.25, -0.2) is 5.43 Å². The van der Waals surface area contributed by atoms with Gasteiger partial charge in [-0.1, -0.05) is 60.8 Å². The van der Waals surface area contributed by atoms with Crippen LogP contribution in [-0.4, -0.2) is 25.2 Å². The lowest BCUT2D eigenvalue weighted by Gasteiger charge is -2.10. The largest absolute Gasteiger partial charge is 0.493 e. The molecule has 2 atom stereocenters. The van der Waals surface area contributed by atoms with Crippen LogP contribution < -0.4 is 14.9 Å². The van der Waals surface area contributed by atoms with Gasteiger partial charge in [-0.15, -0.1) is 11.3 Å². The molecule has 188 valence electrons. The first kappa shape index (κ1) is 26.5. The molecule has 0 saturated heterocycles. The Bertz CT molecular complexity index is 1410. The van der Waals surface area contributed by atoms with Gasteiger partial charge in [0.25, 0.3) is 5.91 Å². The highest BCUT2D eigenvalue weighted by molar-refractivity contribution is 7.21. The first-order valence-electron chi connectivity index (χ1n) is 11.0. The minimum atomic E-state index is -0.402. The van der Waals surface area contributed by atoms with E-state index in [-0.39, 0.29) is 27.5 Å². The predicted molar refractivity (Wildman–Crippen MR) is 146 cm³/mol. The molecule has 0 radical (unpaired) electrons. The monoisotopic (exact) mass is 564 g/mol. The molecule has 1 saturated carbocycles. The van der Waals surface area contributed by atoms with E-state index in [1.54, 1.807) is 24.3 Å². The zero-order valence-electron chi connectivity index (χ0n) is 19.9. The molecule has 0 spiro atoms. The van der Waals surface area contributed by atoms with E-state index in [2.05, 4.69) is 10.5 Å². The third-order valence-electron chi connectivity index (χ3n) is 6.24. The second kappa shape index (κ2) is 10.4. The fourth-order valence-electron chi connectivity index (χ4n) is 4.13. The number of hydrazone groups is 1. The lowest BCUT2D eigenvalue weighted by Crippen LogP contribution is -2.16. The van der Waals surface area contributed by atoms with Crippen LogP contribution in [0.2, 0.25) is 5.02 Å². The van der Waals surface area contributed by atoms with E-state index in [1.165, 1.54) is 24.7 Å². The summed E-state index contributed by atoms with van der Waals surface area (Å²) in [6.45, 7) is 5.89. The molecule has 1 aliphatic rings. The van der Waals surface area contributed by atoms with Gasteiger partial charge in [0.2, 0.25) is 0 Å². The van der Waals surface area contributed by atoms with Gasteiger partial charge in [0.1, 0.15) is 9.37 Å². The molecule has 0 aliphatic heterocycles. The molecule has 3 aromatic rings. The summed E-state index contributed by atoms with van der Waals surface area (Å²) in [4.78, 5) is 25.8. The summed E-state index contributed by atoms with van der Waals surface area (Å²) in [5.41, 5.74) is 3.92. The molecule has 10 heteroatoms. The van der Waals surface area contributed by atoms with Crippen LogP contribution in [0.5, 0.6) is 11.5 Å². The summed E-state index contributed by atoms with van der Waals surface area (Å²) >= 11 is 19.3. The first-order valence-corrected chi connectivity index (χ1v) is 12.9. The number of aryl methyl sites for hydroxylation is 1. The van der Waals surface area contributed by atoms with Crippen LogP contribution in [0.1, 0.15) is 34.6 Å². The minimum absolute atomic E-state index is 0.102. The predicted octanol–water partition coefficient (Wildman–Crippen LogP) is 7.13. The van der Waals surface area contributed by atoms with E-state index in [1.807, 2.05) is 39.0 Å². The summed E-state index contributed by atoms with van der Waals surface area (Å²) in [5.74, 6) is -0.635. The number of ether oxygens (including phenoxy) is 2. The summed E-state index contributed by atoms with van der Waals surface area (Å²) < 4.78 is 12.1. The number of nitrogens with zero attached hydrogens (tertiary/aromatic N) is 1. The number of amides is 1. The van der Waals surface area contributed by atoms with Gasteiger partial charge < -0.3 is 9.47 Å². The number of rotatable bonds is 7. The Hall–Kier alpha value is -2.58. The Kier molecular flexibility index (Phi) is 7.67. The number of hydrogen-bond acceptors (Lipinski definition) is 6. The Balaban J connectivity index is 1.43. The van der Waals surface area contributed by atoms with Crippen molar-refractivity contribution in [1.29, 1.82) is 0 Å². The van der Waals surface area contributed by atoms with Crippen LogP contribution >= 0.6 is 46.1 Å². The Labute approximate surface area is 227 Å². The standard InChI is InChI=1S/C26H23Cl3N2O4S/c1-13-5-7-15-19(9-13)36-23(22(15)29)24(32)31-30-12-14-6-8-17(18(10-14)34-4)35-25(33)21-16(11-20(27)28)26(21,2)3/h5-12,16,21H,1-4H3,(H,31,32)/b30-12+. The van der Waals surface area contributed by atoms with Crippen molar-refractivity contribution < 1.29 is 19.1 Å². The minimum Gasteiger partial charge on any atom is -0.493 e. The number of hydrogen-bond donors (Lipinski definition) is 1. The van der Waals surface area contributed by atoms with E-state index in [9.17, 15) is 9.59 Å². The van der Waals surface area contributed by atoms with Crippen molar-refractivity contribution in [2.24, 2.45) is 22.4 Å². The van der Waals surface area contributed by atoms with E-state index in [4.69, 9.17) is 44.3 Å². The Morgan fingerprint density at radius 3 is 2.58 bits per heavy atom. The zero-order chi connectivity index (χ0) is 26.2. The molecule has 1 aliphatic carbocycles. The van der Waals surface area contributed by atoms with Gasteiger partial charge in [-0.05, 0) is 59.7 Å². The number of methoxy groups -OCH3 is 1. The second-order valence-electron chi connectivity index (χ2n) is 9.06. The maximum atomic E-state index is 12.8. The molecule has 36 heavy (non-hydrogen) atoms. The van der Waals surface area contributed by atoms with Crippen molar-refractivity contribution >= 4 is 74.3 Å². The lowest BCUT2D eigenvalue weighted by atomic mass is 10.1. The molecule has 4 rings (SSSR count). The van der Waals surface area contributed by atoms with Crippen molar-refractivity contribution in [2.45, 2.75) is 20.8 Å². The van der Waals surface area contributed by atoms with Crippen LogP contribution in [0, 0.1) is 24.2 Å². The summed E-state index contributed by atoms with van der Waals surface area (Å²) in [5, 5.41) is 5.27. The van der Waals surface area contributed by atoms with Crippen molar-refractivity contribution in [3.63, 3.8) is 0 Å². The van der Waals surface area contributed by atoms with Crippen LogP contribution in [0.4, 0.5) is 0 Å². The Morgan fingerprint density at radius 2 is 1.89 bits per heavy atom. The molecular formula is C26H23Cl3N2O4S. The summed E-state index contributed by atoms with van der Waals surface area (Å²) in [6, 6.07) is 10.8. The number of allylic oxidation sites excluding steroid dienone is 1. The van der Waals surface area contributed by atoms with Crippen LogP contribution in [0.3, 0.4) is 0 Å². The van der Waals surface area contributed by atoms with Crippen molar-refractivity contribution in [1.82, 2.24) is 5.43 Å². The first-order chi connectivity index (χ1) is 17.0. The highest BCUT2D eigenvalue weighted by atomic mass is 35.5.